The van der Waals surface area contributed by atoms with Gasteiger partial charge in [-0.3, -0.25) is 0 Å². The van der Waals surface area contributed by atoms with Gasteiger partial charge in [-0.1, -0.05) is 13.0 Å². The van der Waals surface area contributed by atoms with E-state index in [1.165, 1.54) is 11.1 Å². The van der Waals surface area contributed by atoms with Crippen molar-refractivity contribution >= 4 is 0 Å². The number of rotatable bonds is 4. The van der Waals surface area contributed by atoms with E-state index in [1.807, 2.05) is 10.9 Å². The third kappa shape index (κ3) is 2.74. The van der Waals surface area contributed by atoms with Crippen LogP contribution in [0, 0.1) is 13.8 Å². The van der Waals surface area contributed by atoms with Crippen LogP contribution in [0.3, 0.4) is 0 Å². The Morgan fingerprint density at radius 3 is 2.71 bits per heavy atom. The number of nitrogens with one attached hydrogen (secondary N) is 1. The first kappa shape index (κ1) is 11.9. The van der Waals surface area contributed by atoms with E-state index < -0.39 is 0 Å². The van der Waals surface area contributed by atoms with Crippen molar-refractivity contribution in [2.75, 3.05) is 6.54 Å². The number of nitrogens with zero attached hydrogens (tertiary/aromatic N) is 2. The second-order valence-corrected chi connectivity index (χ2v) is 4.30. The first-order valence-electron chi connectivity index (χ1n) is 6.03. The van der Waals surface area contributed by atoms with E-state index in [2.05, 4.69) is 55.5 Å². The van der Waals surface area contributed by atoms with Crippen molar-refractivity contribution in [3.63, 3.8) is 0 Å². The molecule has 0 fully saturated rings. The standard InChI is InChI=1S/C14H19N3/c1-4-15-10-13-7-8-17(16-13)14-6-5-11(2)12(3)9-14/h5-9,15H,4,10H2,1-3H3. The normalized spacial score (nSPS) is 10.8. The summed E-state index contributed by atoms with van der Waals surface area (Å²) in [6.45, 7) is 8.14. The Labute approximate surface area is 102 Å². The van der Waals surface area contributed by atoms with E-state index in [-0.39, 0.29) is 0 Å². The molecule has 0 saturated carbocycles. The fourth-order valence-corrected chi connectivity index (χ4v) is 1.72. The van der Waals surface area contributed by atoms with Crippen LogP contribution in [0.5, 0.6) is 0 Å². The summed E-state index contributed by atoms with van der Waals surface area (Å²) in [5.74, 6) is 0. The van der Waals surface area contributed by atoms with Crippen molar-refractivity contribution in [1.29, 1.82) is 0 Å². The first-order valence-corrected chi connectivity index (χ1v) is 6.03. The molecule has 1 N–H and O–H groups in total. The Balaban J connectivity index is 2.21. The van der Waals surface area contributed by atoms with Crippen molar-refractivity contribution in [1.82, 2.24) is 15.1 Å². The molecule has 1 aromatic heterocycles. The Morgan fingerprint density at radius 2 is 2.00 bits per heavy atom. The Morgan fingerprint density at radius 1 is 1.18 bits per heavy atom. The van der Waals surface area contributed by atoms with Gasteiger partial charge >= 0.3 is 0 Å². The summed E-state index contributed by atoms with van der Waals surface area (Å²) in [6.07, 6.45) is 2.01. The van der Waals surface area contributed by atoms with Crippen molar-refractivity contribution in [2.24, 2.45) is 0 Å². The SMILES string of the molecule is CCNCc1ccn(-c2ccc(C)c(C)c2)n1. The minimum absolute atomic E-state index is 0.828. The Kier molecular flexibility index (Phi) is 3.59. The summed E-state index contributed by atoms with van der Waals surface area (Å²) < 4.78 is 1.93. The molecule has 1 aromatic carbocycles. The van der Waals surface area contributed by atoms with Gasteiger partial charge in [-0.25, -0.2) is 4.68 Å². The van der Waals surface area contributed by atoms with Crippen LogP contribution in [-0.2, 0) is 6.54 Å². The van der Waals surface area contributed by atoms with Crippen molar-refractivity contribution in [3.8, 4) is 5.69 Å². The molecule has 0 aliphatic heterocycles. The molecule has 2 aromatic rings. The van der Waals surface area contributed by atoms with Crippen LogP contribution >= 0.6 is 0 Å². The summed E-state index contributed by atoms with van der Waals surface area (Å²) in [7, 11) is 0. The van der Waals surface area contributed by atoms with Crippen LogP contribution in [0.15, 0.2) is 30.5 Å². The summed E-state index contributed by atoms with van der Waals surface area (Å²) in [4.78, 5) is 0. The summed E-state index contributed by atoms with van der Waals surface area (Å²) in [5, 5.41) is 7.82. The number of aryl methyl sites for hydroxylation is 2. The number of hydrogen-bond acceptors (Lipinski definition) is 2. The zero-order chi connectivity index (χ0) is 12.3. The maximum atomic E-state index is 4.54. The van der Waals surface area contributed by atoms with Gasteiger partial charge in [0.2, 0.25) is 0 Å². The summed E-state index contributed by atoms with van der Waals surface area (Å²) in [5.41, 5.74) is 4.81. The number of benzene rings is 1. The largest absolute Gasteiger partial charge is 0.311 e. The molecule has 0 aliphatic carbocycles. The molecule has 90 valence electrons. The molecule has 0 saturated heterocycles. The van der Waals surface area contributed by atoms with Gasteiger partial charge in [0.05, 0.1) is 11.4 Å². The van der Waals surface area contributed by atoms with Crippen molar-refractivity contribution < 1.29 is 0 Å². The third-order valence-electron chi connectivity index (χ3n) is 2.96. The lowest BCUT2D eigenvalue weighted by Gasteiger charge is -2.05. The first-order chi connectivity index (χ1) is 8.20. The quantitative estimate of drug-likeness (QED) is 0.873. The molecule has 1 heterocycles. The molecule has 2 rings (SSSR count). The molecule has 0 amide bonds. The van der Waals surface area contributed by atoms with Gasteiger partial charge in [0.1, 0.15) is 0 Å². The van der Waals surface area contributed by atoms with Crippen LogP contribution in [0.2, 0.25) is 0 Å². The molecule has 17 heavy (non-hydrogen) atoms. The average molecular weight is 229 g/mol. The van der Waals surface area contributed by atoms with Gasteiger partial charge in [-0.05, 0) is 49.7 Å². The van der Waals surface area contributed by atoms with Crippen LogP contribution in [0.1, 0.15) is 23.7 Å². The monoisotopic (exact) mass is 229 g/mol. The van der Waals surface area contributed by atoms with Gasteiger partial charge in [0, 0.05) is 12.7 Å². The highest BCUT2D eigenvalue weighted by Gasteiger charge is 2.02. The topological polar surface area (TPSA) is 29.9 Å². The van der Waals surface area contributed by atoms with Crippen LogP contribution < -0.4 is 5.32 Å². The van der Waals surface area contributed by atoms with E-state index in [4.69, 9.17) is 0 Å². The van der Waals surface area contributed by atoms with E-state index in [0.717, 1.165) is 24.5 Å². The second kappa shape index (κ2) is 5.15. The van der Waals surface area contributed by atoms with Crippen LogP contribution in [0.25, 0.3) is 5.69 Å². The molecule has 0 bridgehead atoms. The van der Waals surface area contributed by atoms with E-state index >= 15 is 0 Å². The highest BCUT2D eigenvalue weighted by molar-refractivity contribution is 5.39. The lowest BCUT2D eigenvalue weighted by atomic mass is 10.1. The molecular weight excluding hydrogens is 210 g/mol. The zero-order valence-electron chi connectivity index (χ0n) is 10.7. The molecule has 0 spiro atoms. The highest BCUT2D eigenvalue weighted by atomic mass is 15.3. The Hall–Kier alpha value is -1.61. The van der Waals surface area contributed by atoms with E-state index in [0.29, 0.717) is 0 Å². The maximum absolute atomic E-state index is 4.54. The lowest BCUT2D eigenvalue weighted by molar-refractivity contribution is 0.696. The van der Waals surface area contributed by atoms with Crippen LogP contribution in [-0.4, -0.2) is 16.3 Å². The minimum atomic E-state index is 0.828. The van der Waals surface area contributed by atoms with Crippen LogP contribution in [0.4, 0.5) is 0 Å². The minimum Gasteiger partial charge on any atom is -0.311 e. The molecule has 3 heteroatoms. The second-order valence-electron chi connectivity index (χ2n) is 4.30. The van der Waals surface area contributed by atoms with Crippen molar-refractivity contribution in [2.45, 2.75) is 27.3 Å². The smallest absolute Gasteiger partial charge is 0.0766 e. The molecule has 0 aliphatic rings. The van der Waals surface area contributed by atoms with E-state index in [1.54, 1.807) is 0 Å². The predicted octanol–water partition coefficient (Wildman–Crippen LogP) is 2.60. The molecule has 0 radical (unpaired) electrons. The summed E-state index contributed by atoms with van der Waals surface area (Å²) >= 11 is 0. The third-order valence-corrected chi connectivity index (χ3v) is 2.96. The molecule has 0 unspecified atom stereocenters. The fourth-order valence-electron chi connectivity index (χ4n) is 1.72. The molecular formula is C14H19N3. The average Bonchev–Trinajstić information content (AvgIpc) is 2.79. The molecule has 3 nitrogen and oxygen atoms in total. The Bertz CT molecular complexity index is 500. The lowest BCUT2D eigenvalue weighted by Crippen LogP contribution is -2.12. The fraction of sp³-hybridized carbons (Fsp3) is 0.357. The van der Waals surface area contributed by atoms with Gasteiger partial charge in [-0.15, -0.1) is 0 Å². The number of aromatic nitrogens is 2. The predicted molar refractivity (Wildman–Crippen MR) is 70.4 cm³/mol. The van der Waals surface area contributed by atoms with E-state index in [9.17, 15) is 0 Å². The van der Waals surface area contributed by atoms with Gasteiger partial charge < -0.3 is 5.32 Å². The summed E-state index contributed by atoms with van der Waals surface area (Å²) in [6, 6.07) is 8.46. The van der Waals surface area contributed by atoms with Gasteiger partial charge in [0.25, 0.3) is 0 Å². The zero-order valence-corrected chi connectivity index (χ0v) is 10.7. The van der Waals surface area contributed by atoms with Gasteiger partial charge in [-0.2, -0.15) is 5.10 Å². The van der Waals surface area contributed by atoms with Gasteiger partial charge in [0.15, 0.2) is 0 Å². The molecule has 0 atom stereocenters. The highest BCUT2D eigenvalue weighted by Crippen LogP contribution is 2.13. The maximum Gasteiger partial charge on any atom is 0.0766 e. The number of hydrogen-bond donors (Lipinski definition) is 1. The van der Waals surface area contributed by atoms with Crippen molar-refractivity contribution in [3.05, 3.63) is 47.3 Å².